The molecule has 0 spiro atoms. The third-order valence-corrected chi connectivity index (χ3v) is 4.28. The summed E-state index contributed by atoms with van der Waals surface area (Å²) in [5.41, 5.74) is 1.39. The second-order valence-electron chi connectivity index (χ2n) is 6.25. The predicted octanol–water partition coefficient (Wildman–Crippen LogP) is 2.23. The lowest BCUT2D eigenvalue weighted by molar-refractivity contribution is 0.0110. The zero-order valence-corrected chi connectivity index (χ0v) is 16.3. The number of benzene rings is 2. The first kappa shape index (κ1) is 22.2. The van der Waals surface area contributed by atoms with Crippen molar-refractivity contribution in [1.82, 2.24) is 5.32 Å². The van der Waals surface area contributed by atoms with Gasteiger partial charge in [0.25, 0.3) is 0 Å². The van der Waals surface area contributed by atoms with Gasteiger partial charge in [-0.25, -0.2) is 4.79 Å². The van der Waals surface area contributed by atoms with Crippen LogP contribution in [0.2, 0.25) is 0 Å². The summed E-state index contributed by atoms with van der Waals surface area (Å²) in [7, 11) is 2.77. The lowest BCUT2D eigenvalue weighted by Gasteiger charge is -2.23. The number of amides is 1. The summed E-state index contributed by atoms with van der Waals surface area (Å²) in [5.74, 6) is 0.432. The number of alkyl carbamates (subject to hydrolysis) is 1. The number of hydrogen-bond acceptors (Lipinski definition) is 7. The van der Waals surface area contributed by atoms with Crippen molar-refractivity contribution in [2.24, 2.45) is 0 Å². The van der Waals surface area contributed by atoms with Crippen LogP contribution in [0.1, 0.15) is 34.0 Å². The minimum atomic E-state index is -1.34. The Labute approximate surface area is 169 Å². The van der Waals surface area contributed by atoms with Gasteiger partial charge >= 0.3 is 6.09 Å². The van der Waals surface area contributed by atoms with Crippen molar-refractivity contribution in [3.63, 3.8) is 0 Å². The van der Waals surface area contributed by atoms with Crippen molar-refractivity contribution in [2.45, 2.75) is 25.2 Å². The van der Waals surface area contributed by atoms with Gasteiger partial charge in [0.05, 0.1) is 25.9 Å². The van der Waals surface area contributed by atoms with E-state index in [0.717, 1.165) is 5.56 Å². The number of aliphatic hydroxyl groups is 2. The number of methoxy groups -OCH3 is 2. The number of carbonyl (C=O) groups excluding carboxylic acids is 2. The third kappa shape index (κ3) is 6.20. The molecule has 8 nitrogen and oxygen atoms in total. The Bertz CT molecular complexity index is 785. The normalized spacial score (nSPS) is 12.6. The highest BCUT2D eigenvalue weighted by Crippen LogP contribution is 2.37. The topological polar surface area (TPSA) is 114 Å². The molecule has 0 aliphatic carbocycles. The van der Waals surface area contributed by atoms with Gasteiger partial charge in [-0.15, -0.1) is 0 Å². The molecule has 1 amide bonds. The molecule has 0 bridgehead atoms. The molecule has 29 heavy (non-hydrogen) atoms. The summed E-state index contributed by atoms with van der Waals surface area (Å²) in [6.45, 7) is 0.220. The van der Waals surface area contributed by atoms with Gasteiger partial charge in [-0.1, -0.05) is 30.3 Å². The van der Waals surface area contributed by atoms with Gasteiger partial charge in [0.1, 0.15) is 30.5 Å². The standard InChI is InChI=1S/C21H25NO7/c1-27-17-10-15(12-23)11-18(28-2)19(17)20(25)16(24)8-9-22-21(26)29-13-14-6-4-3-5-7-14/h3-7,10-12,16,20,24-25H,8-9,13H2,1-2H3,(H,22,26). The summed E-state index contributed by atoms with van der Waals surface area (Å²) in [5, 5.41) is 23.4. The molecule has 156 valence electrons. The molecule has 2 unspecified atom stereocenters. The van der Waals surface area contributed by atoms with Crippen molar-refractivity contribution < 1.29 is 34.0 Å². The lowest BCUT2D eigenvalue weighted by atomic mass is 9.98. The molecule has 2 rings (SSSR count). The van der Waals surface area contributed by atoms with Gasteiger partial charge in [0.2, 0.25) is 0 Å². The number of carbonyl (C=O) groups is 2. The van der Waals surface area contributed by atoms with Crippen LogP contribution in [0.15, 0.2) is 42.5 Å². The van der Waals surface area contributed by atoms with Gasteiger partial charge in [-0.05, 0) is 24.1 Å². The molecule has 0 radical (unpaired) electrons. The lowest BCUT2D eigenvalue weighted by Crippen LogP contribution is -2.30. The highest BCUT2D eigenvalue weighted by Gasteiger charge is 2.26. The SMILES string of the molecule is COc1cc(C=O)cc(OC)c1C(O)C(O)CCNC(=O)OCc1ccccc1. The molecular weight excluding hydrogens is 378 g/mol. The Morgan fingerprint density at radius 1 is 1.10 bits per heavy atom. The Kier molecular flexibility index (Phi) is 8.45. The number of ether oxygens (including phenoxy) is 3. The van der Waals surface area contributed by atoms with E-state index < -0.39 is 18.3 Å². The molecule has 8 heteroatoms. The summed E-state index contributed by atoms with van der Waals surface area (Å²) in [6.07, 6.45) is -2.50. The quantitative estimate of drug-likeness (QED) is 0.521. The Morgan fingerprint density at radius 2 is 1.72 bits per heavy atom. The van der Waals surface area contributed by atoms with E-state index in [0.29, 0.717) is 11.8 Å². The first-order valence-electron chi connectivity index (χ1n) is 9.02. The summed E-state index contributed by atoms with van der Waals surface area (Å²) < 4.78 is 15.5. The molecule has 2 aromatic carbocycles. The molecule has 0 saturated heterocycles. The Morgan fingerprint density at radius 3 is 2.28 bits per heavy atom. The van der Waals surface area contributed by atoms with Crippen molar-refractivity contribution >= 4 is 12.4 Å². The van der Waals surface area contributed by atoms with E-state index in [2.05, 4.69) is 5.32 Å². The molecule has 0 saturated carbocycles. The molecule has 0 aromatic heterocycles. The van der Waals surface area contributed by atoms with Crippen molar-refractivity contribution in [1.29, 1.82) is 0 Å². The van der Waals surface area contributed by atoms with Gasteiger partial charge in [-0.3, -0.25) is 4.79 Å². The maximum Gasteiger partial charge on any atom is 0.407 e. The maximum absolute atomic E-state index is 11.8. The minimum Gasteiger partial charge on any atom is -0.496 e. The van der Waals surface area contributed by atoms with Crippen LogP contribution in [0.4, 0.5) is 4.79 Å². The van der Waals surface area contributed by atoms with Crippen LogP contribution < -0.4 is 14.8 Å². The van der Waals surface area contributed by atoms with Gasteiger partial charge in [0, 0.05) is 12.1 Å². The van der Waals surface area contributed by atoms with Crippen LogP contribution >= 0.6 is 0 Å². The highest BCUT2D eigenvalue weighted by molar-refractivity contribution is 5.77. The molecule has 2 aromatic rings. The summed E-state index contributed by atoms with van der Waals surface area (Å²) >= 11 is 0. The Hall–Kier alpha value is -3.10. The molecular formula is C21H25NO7. The van der Waals surface area contributed by atoms with Gasteiger partial charge < -0.3 is 29.7 Å². The van der Waals surface area contributed by atoms with Crippen LogP contribution in [-0.4, -0.2) is 49.5 Å². The molecule has 0 heterocycles. The van der Waals surface area contributed by atoms with Crippen molar-refractivity contribution in [2.75, 3.05) is 20.8 Å². The van der Waals surface area contributed by atoms with E-state index in [1.807, 2.05) is 30.3 Å². The summed E-state index contributed by atoms with van der Waals surface area (Å²) in [4.78, 5) is 22.8. The van der Waals surface area contributed by atoms with Gasteiger partial charge in [-0.2, -0.15) is 0 Å². The molecule has 0 aliphatic rings. The average Bonchev–Trinajstić information content (AvgIpc) is 2.76. The van der Waals surface area contributed by atoms with Crippen LogP contribution in [0.3, 0.4) is 0 Å². The second-order valence-corrected chi connectivity index (χ2v) is 6.25. The van der Waals surface area contributed by atoms with Crippen LogP contribution in [0.25, 0.3) is 0 Å². The molecule has 0 aliphatic heterocycles. The number of hydrogen-bond donors (Lipinski definition) is 3. The summed E-state index contributed by atoms with van der Waals surface area (Å²) in [6, 6.07) is 12.1. The fourth-order valence-corrected chi connectivity index (χ4v) is 2.77. The molecule has 2 atom stereocenters. The predicted molar refractivity (Wildman–Crippen MR) is 105 cm³/mol. The molecule has 3 N–H and O–H groups in total. The van der Waals surface area contributed by atoms with E-state index in [1.165, 1.54) is 26.4 Å². The number of nitrogens with one attached hydrogen (secondary N) is 1. The van der Waals surface area contributed by atoms with Crippen molar-refractivity contribution in [3.8, 4) is 11.5 Å². The average molecular weight is 403 g/mol. The second kappa shape index (κ2) is 11.0. The maximum atomic E-state index is 11.8. The van der Waals surface area contributed by atoms with E-state index in [4.69, 9.17) is 14.2 Å². The zero-order chi connectivity index (χ0) is 21.2. The van der Waals surface area contributed by atoms with E-state index in [1.54, 1.807) is 0 Å². The minimum absolute atomic E-state index is 0.0589. The largest absolute Gasteiger partial charge is 0.496 e. The first-order valence-corrected chi connectivity index (χ1v) is 9.02. The van der Waals surface area contributed by atoms with E-state index >= 15 is 0 Å². The number of aliphatic hydroxyl groups excluding tert-OH is 2. The smallest absolute Gasteiger partial charge is 0.407 e. The van der Waals surface area contributed by atoms with Crippen LogP contribution in [0, 0.1) is 0 Å². The number of rotatable bonds is 10. The molecule has 0 fully saturated rings. The van der Waals surface area contributed by atoms with E-state index in [-0.39, 0.29) is 36.6 Å². The zero-order valence-electron chi connectivity index (χ0n) is 16.3. The van der Waals surface area contributed by atoms with Crippen molar-refractivity contribution in [3.05, 3.63) is 59.2 Å². The fourth-order valence-electron chi connectivity index (χ4n) is 2.77. The van der Waals surface area contributed by atoms with Gasteiger partial charge in [0.15, 0.2) is 0 Å². The first-order chi connectivity index (χ1) is 14.0. The monoisotopic (exact) mass is 403 g/mol. The third-order valence-electron chi connectivity index (χ3n) is 4.28. The number of aldehydes is 1. The Balaban J connectivity index is 1.91. The highest BCUT2D eigenvalue weighted by atomic mass is 16.5. The van der Waals surface area contributed by atoms with E-state index in [9.17, 15) is 19.8 Å². The van der Waals surface area contributed by atoms with Crippen LogP contribution in [0.5, 0.6) is 11.5 Å². The van der Waals surface area contributed by atoms with Crippen LogP contribution in [-0.2, 0) is 11.3 Å². The fraction of sp³-hybridized carbons (Fsp3) is 0.333.